The highest BCUT2D eigenvalue weighted by Gasteiger charge is 2.44. The number of hydrogen-bond donors (Lipinski definition) is 2. The summed E-state index contributed by atoms with van der Waals surface area (Å²) in [5.74, 6) is -0.360. The van der Waals surface area contributed by atoms with Crippen LogP contribution >= 0.6 is 23.2 Å². The van der Waals surface area contributed by atoms with Gasteiger partial charge < -0.3 is 4.90 Å². The van der Waals surface area contributed by atoms with E-state index in [1.807, 2.05) is 42.5 Å². The van der Waals surface area contributed by atoms with Crippen molar-refractivity contribution in [3.8, 4) is 0 Å². The van der Waals surface area contributed by atoms with Gasteiger partial charge in [0.05, 0.1) is 16.9 Å². The van der Waals surface area contributed by atoms with Crippen LogP contribution < -0.4 is 10.4 Å². The molecule has 0 radical (unpaired) electrons. The van der Waals surface area contributed by atoms with Crippen LogP contribution in [0.25, 0.3) is 0 Å². The van der Waals surface area contributed by atoms with Crippen molar-refractivity contribution >= 4 is 60.5 Å². The largest absolute Gasteiger partial charge is 0.344 e. The van der Waals surface area contributed by atoms with Crippen LogP contribution in [0.1, 0.15) is 71.4 Å². The van der Waals surface area contributed by atoms with Crippen molar-refractivity contribution in [1.29, 1.82) is 0 Å². The third-order valence-electron chi connectivity index (χ3n) is 8.61. The number of unbranched alkanes of at least 4 members (excludes halogenated alkanes) is 2. The van der Waals surface area contributed by atoms with E-state index >= 15 is 0 Å². The third-order valence-corrected chi connectivity index (χ3v) is 11.0. The van der Waals surface area contributed by atoms with Crippen LogP contribution in [0.2, 0.25) is 10.0 Å². The van der Waals surface area contributed by atoms with E-state index in [2.05, 4.69) is 54.8 Å². The summed E-state index contributed by atoms with van der Waals surface area (Å²) in [6, 6.07) is 11.7. The summed E-state index contributed by atoms with van der Waals surface area (Å²) in [4.78, 5) is 2.20. The number of fused-ring (bicyclic) bond motifs is 2. The molecule has 0 spiro atoms. The van der Waals surface area contributed by atoms with Gasteiger partial charge in [0, 0.05) is 64.1 Å². The smallest absolute Gasteiger partial charge is 0.283 e. The van der Waals surface area contributed by atoms with Gasteiger partial charge in [0.2, 0.25) is 5.69 Å². The molecule has 13 heteroatoms. The van der Waals surface area contributed by atoms with Crippen molar-refractivity contribution in [3.05, 3.63) is 81.5 Å². The van der Waals surface area contributed by atoms with Crippen LogP contribution in [0.5, 0.6) is 0 Å². The number of hydrogen-bond acceptors (Lipinski definition) is 7. The standard InChI is InChI=1S/C33H43Cl2N3O6S2/c1-6-36-44-46(42,43)21-10-8-19-38-29-17-15-25(35)23-27(29)33(4,5)31(38)13-11-12-30-32(2,3)26-22-24(34)14-16-28(26)37(30)18-7-9-20-45(39,40)41/h11-17,22-23,36H,6-10,18-21H2,1-5H3/p+1. The van der Waals surface area contributed by atoms with Crippen LogP contribution in [0.15, 0.2) is 60.3 Å². The number of anilines is 1. The fourth-order valence-electron chi connectivity index (χ4n) is 6.30. The normalized spacial score (nSPS) is 18.2. The highest BCUT2D eigenvalue weighted by Crippen LogP contribution is 2.49. The van der Waals surface area contributed by atoms with E-state index in [4.69, 9.17) is 27.5 Å². The van der Waals surface area contributed by atoms with Crippen molar-refractivity contribution in [2.24, 2.45) is 0 Å². The monoisotopic (exact) mass is 712 g/mol. The fraction of sp³-hybridized carbons (Fsp3) is 0.485. The summed E-state index contributed by atoms with van der Waals surface area (Å²) in [5, 5.41) is 1.30. The van der Waals surface area contributed by atoms with Gasteiger partial charge in [0.1, 0.15) is 6.54 Å². The van der Waals surface area contributed by atoms with E-state index < -0.39 is 20.2 Å². The zero-order valence-electron chi connectivity index (χ0n) is 27.0. The van der Waals surface area contributed by atoms with Gasteiger partial charge in [-0.2, -0.15) is 31.2 Å². The van der Waals surface area contributed by atoms with Gasteiger partial charge in [-0.3, -0.25) is 4.55 Å². The topological polar surface area (TPSA) is 116 Å². The molecule has 0 saturated carbocycles. The number of hydroxylamine groups is 1. The predicted molar refractivity (Wildman–Crippen MR) is 187 cm³/mol. The second kappa shape index (κ2) is 14.5. The molecule has 0 bridgehead atoms. The maximum absolute atomic E-state index is 12.2. The molecule has 2 aliphatic heterocycles. The molecule has 2 heterocycles. The summed E-state index contributed by atoms with van der Waals surface area (Å²) >= 11 is 12.8. The lowest BCUT2D eigenvalue weighted by Gasteiger charge is -2.27. The Morgan fingerprint density at radius 3 is 2.24 bits per heavy atom. The summed E-state index contributed by atoms with van der Waals surface area (Å²) in [7, 11) is -7.68. The average molecular weight is 714 g/mol. The molecule has 0 atom stereocenters. The third kappa shape index (κ3) is 8.42. The lowest BCUT2D eigenvalue weighted by atomic mass is 9.81. The Labute approximate surface area is 283 Å². The molecule has 0 amide bonds. The van der Waals surface area contributed by atoms with Gasteiger partial charge in [-0.1, -0.05) is 50.0 Å². The van der Waals surface area contributed by atoms with E-state index in [0.29, 0.717) is 55.4 Å². The zero-order valence-corrected chi connectivity index (χ0v) is 30.2. The minimum atomic E-state index is -4.02. The maximum atomic E-state index is 12.2. The van der Waals surface area contributed by atoms with E-state index in [-0.39, 0.29) is 22.3 Å². The van der Waals surface area contributed by atoms with Crippen LogP contribution in [0, 0.1) is 0 Å². The molecule has 252 valence electrons. The molecule has 0 unspecified atom stereocenters. The maximum Gasteiger partial charge on any atom is 0.283 e. The van der Waals surface area contributed by atoms with Crippen LogP contribution in [0.4, 0.5) is 11.4 Å². The molecular weight excluding hydrogens is 669 g/mol. The minimum Gasteiger partial charge on any atom is -0.344 e. The van der Waals surface area contributed by atoms with Gasteiger partial charge in [0.25, 0.3) is 20.2 Å². The molecule has 9 nitrogen and oxygen atoms in total. The summed E-state index contributed by atoms with van der Waals surface area (Å²) < 4.78 is 63.2. The molecule has 2 aliphatic rings. The number of allylic oxidation sites excluding steroid dienone is 4. The predicted octanol–water partition coefficient (Wildman–Crippen LogP) is 6.93. The molecular formula is C33H44Cl2N3O6S2+. The highest BCUT2D eigenvalue weighted by molar-refractivity contribution is 7.86. The lowest BCUT2D eigenvalue weighted by molar-refractivity contribution is -0.438. The Bertz CT molecular complexity index is 1770. The first-order valence-electron chi connectivity index (χ1n) is 15.5. The Morgan fingerprint density at radius 2 is 1.57 bits per heavy atom. The van der Waals surface area contributed by atoms with Crippen molar-refractivity contribution in [2.45, 2.75) is 71.1 Å². The molecule has 0 fully saturated rings. The molecule has 2 aromatic rings. The molecule has 0 aromatic heterocycles. The van der Waals surface area contributed by atoms with E-state index in [1.54, 1.807) is 6.92 Å². The van der Waals surface area contributed by atoms with Gasteiger partial charge in [-0.05, 0) is 75.1 Å². The number of nitrogens with zero attached hydrogens (tertiary/aromatic N) is 2. The average Bonchev–Trinajstić information content (AvgIpc) is 3.30. The summed E-state index contributed by atoms with van der Waals surface area (Å²) in [6.45, 7) is 11.9. The first kappa shape index (κ1) is 36.6. The van der Waals surface area contributed by atoms with Crippen molar-refractivity contribution < 1.29 is 30.2 Å². The molecule has 46 heavy (non-hydrogen) atoms. The van der Waals surface area contributed by atoms with Gasteiger partial charge >= 0.3 is 0 Å². The van der Waals surface area contributed by atoms with E-state index in [1.165, 1.54) is 0 Å². The second-order valence-corrected chi connectivity index (χ2v) is 16.9. The van der Waals surface area contributed by atoms with Gasteiger partial charge in [-0.15, -0.1) is 0 Å². The minimum absolute atomic E-state index is 0.0816. The molecule has 0 saturated heterocycles. The highest BCUT2D eigenvalue weighted by atomic mass is 35.5. The lowest BCUT2D eigenvalue weighted by Crippen LogP contribution is -2.28. The van der Waals surface area contributed by atoms with Crippen molar-refractivity contribution in [3.63, 3.8) is 0 Å². The molecule has 4 rings (SSSR count). The van der Waals surface area contributed by atoms with Crippen LogP contribution in [0.3, 0.4) is 0 Å². The van der Waals surface area contributed by atoms with E-state index in [0.717, 1.165) is 33.9 Å². The molecule has 2 N–H and O–H groups in total. The van der Waals surface area contributed by atoms with Crippen molar-refractivity contribution in [1.82, 2.24) is 5.48 Å². The van der Waals surface area contributed by atoms with Gasteiger partial charge in [-0.25, -0.2) is 0 Å². The SMILES string of the molecule is CCNOS(=O)(=O)CCCC[N+]1=C(C=CC=C2N(CCCCS(=O)(=O)O)c3ccc(Cl)cc3C2(C)C)C(C)(C)c2cc(Cl)ccc21. The summed E-state index contributed by atoms with van der Waals surface area (Å²) in [5.41, 5.74) is 8.02. The molecule has 0 aliphatic carbocycles. The first-order valence-corrected chi connectivity index (χ1v) is 19.4. The Balaban J connectivity index is 1.65. The fourth-order valence-corrected chi connectivity index (χ4v) is 8.15. The van der Waals surface area contributed by atoms with Crippen LogP contribution in [-0.4, -0.2) is 62.8 Å². The zero-order chi connectivity index (χ0) is 33.9. The molecule has 2 aromatic carbocycles. The van der Waals surface area contributed by atoms with Crippen LogP contribution in [-0.2, 0) is 35.4 Å². The Kier molecular flexibility index (Phi) is 11.5. The number of halogens is 2. The van der Waals surface area contributed by atoms with Gasteiger partial charge in [0.15, 0.2) is 5.71 Å². The second-order valence-electron chi connectivity index (χ2n) is 12.7. The number of benzene rings is 2. The number of nitrogens with one attached hydrogen (secondary N) is 1. The Morgan fingerprint density at radius 1 is 0.913 bits per heavy atom. The quantitative estimate of drug-likeness (QED) is 0.0885. The number of rotatable bonds is 15. The van der Waals surface area contributed by atoms with E-state index in [9.17, 15) is 21.4 Å². The van der Waals surface area contributed by atoms with Crippen molar-refractivity contribution in [2.75, 3.05) is 36.0 Å². The Hall–Kier alpha value is -2.25. The first-order chi connectivity index (χ1) is 21.5. The summed E-state index contributed by atoms with van der Waals surface area (Å²) in [6.07, 6.45) is 8.23.